The molecule has 1 aliphatic rings. The molecule has 0 saturated carbocycles. The van der Waals surface area contributed by atoms with Crippen LogP contribution in [0.3, 0.4) is 0 Å². The first-order valence-corrected chi connectivity index (χ1v) is 5.69. The second kappa shape index (κ2) is 6.85. The van der Waals surface area contributed by atoms with Gasteiger partial charge >= 0.3 is 0 Å². The van der Waals surface area contributed by atoms with Gasteiger partial charge in [-0.2, -0.15) is 0 Å². The highest BCUT2D eigenvalue weighted by molar-refractivity contribution is 5.88. The molecule has 1 heterocycles. The average molecular weight is 237 g/mol. The second-order valence-electron chi connectivity index (χ2n) is 3.88. The summed E-state index contributed by atoms with van der Waals surface area (Å²) in [6.07, 6.45) is 3.50. The topological polar surface area (TPSA) is 61.4 Å². The lowest BCUT2D eigenvalue weighted by molar-refractivity contribution is -0.134. The van der Waals surface area contributed by atoms with Crippen LogP contribution in [0.4, 0.5) is 0 Å². The smallest absolute Gasteiger partial charge is 0.237 e. The third-order valence-electron chi connectivity index (χ3n) is 2.56. The lowest BCUT2D eigenvalue weighted by Crippen LogP contribution is -2.54. The fourth-order valence-electron chi connectivity index (χ4n) is 1.71. The van der Waals surface area contributed by atoms with Crippen molar-refractivity contribution < 1.29 is 9.59 Å². The van der Waals surface area contributed by atoms with Crippen LogP contribution < -0.4 is 10.6 Å². The highest BCUT2D eigenvalue weighted by atomic mass is 16.2. The minimum Gasteiger partial charge on any atom is -0.353 e. The van der Waals surface area contributed by atoms with E-state index in [-0.39, 0.29) is 18.2 Å². The van der Waals surface area contributed by atoms with Crippen LogP contribution in [0.15, 0.2) is 25.3 Å². The molecule has 1 rings (SSSR count). The molecule has 1 saturated heterocycles. The molecule has 94 valence electrons. The van der Waals surface area contributed by atoms with Gasteiger partial charge in [-0.1, -0.05) is 12.2 Å². The number of hydrogen-bond donors (Lipinski definition) is 2. The lowest BCUT2D eigenvalue weighted by atomic mass is 10.1. The van der Waals surface area contributed by atoms with Crippen molar-refractivity contribution in [3.8, 4) is 0 Å². The Morgan fingerprint density at radius 1 is 1.35 bits per heavy atom. The maximum atomic E-state index is 11.9. The fraction of sp³-hybridized carbons (Fsp3) is 0.500. The highest BCUT2D eigenvalue weighted by Gasteiger charge is 2.25. The Bertz CT molecular complexity index is 305. The van der Waals surface area contributed by atoms with Crippen molar-refractivity contribution in [1.82, 2.24) is 15.5 Å². The predicted molar refractivity (Wildman–Crippen MR) is 66.4 cm³/mol. The van der Waals surface area contributed by atoms with Crippen LogP contribution in [0.25, 0.3) is 0 Å². The van der Waals surface area contributed by atoms with Crippen molar-refractivity contribution in [2.75, 3.05) is 26.2 Å². The molecule has 0 aromatic heterocycles. The van der Waals surface area contributed by atoms with E-state index in [1.54, 1.807) is 17.1 Å². The zero-order valence-electron chi connectivity index (χ0n) is 9.95. The molecule has 0 aromatic rings. The van der Waals surface area contributed by atoms with Crippen molar-refractivity contribution in [2.24, 2.45) is 0 Å². The average Bonchev–Trinajstić information content (AvgIpc) is 2.32. The SMILES string of the molecule is C=CCN(CC=C)C(=O)CC1NCCNC1=O. The molecule has 5 nitrogen and oxygen atoms in total. The number of carbonyl (C=O) groups is 2. The van der Waals surface area contributed by atoms with Crippen LogP contribution in [0, 0.1) is 0 Å². The van der Waals surface area contributed by atoms with E-state index in [0.717, 1.165) is 0 Å². The number of nitrogens with one attached hydrogen (secondary N) is 2. The van der Waals surface area contributed by atoms with E-state index in [9.17, 15) is 9.59 Å². The molecule has 0 spiro atoms. The summed E-state index contributed by atoms with van der Waals surface area (Å²) >= 11 is 0. The van der Waals surface area contributed by atoms with Gasteiger partial charge in [0.05, 0.1) is 12.5 Å². The molecule has 5 heteroatoms. The number of nitrogens with zero attached hydrogens (tertiary/aromatic N) is 1. The van der Waals surface area contributed by atoms with Crippen molar-refractivity contribution in [3.05, 3.63) is 25.3 Å². The monoisotopic (exact) mass is 237 g/mol. The summed E-state index contributed by atoms with van der Waals surface area (Å²) in [5, 5.41) is 5.76. The number of rotatable bonds is 6. The molecule has 2 N–H and O–H groups in total. The maximum absolute atomic E-state index is 11.9. The van der Waals surface area contributed by atoms with Gasteiger partial charge in [0.2, 0.25) is 11.8 Å². The van der Waals surface area contributed by atoms with E-state index in [1.807, 2.05) is 0 Å². The van der Waals surface area contributed by atoms with E-state index < -0.39 is 6.04 Å². The summed E-state index contributed by atoms with van der Waals surface area (Å²) < 4.78 is 0. The Kier molecular flexibility index (Phi) is 5.42. The van der Waals surface area contributed by atoms with Gasteiger partial charge in [-0.3, -0.25) is 9.59 Å². The zero-order chi connectivity index (χ0) is 12.7. The van der Waals surface area contributed by atoms with E-state index in [2.05, 4.69) is 23.8 Å². The first-order valence-electron chi connectivity index (χ1n) is 5.69. The maximum Gasteiger partial charge on any atom is 0.237 e. The summed E-state index contributed by atoms with van der Waals surface area (Å²) in [4.78, 5) is 25.0. The Hall–Kier alpha value is -1.62. The first kappa shape index (κ1) is 13.4. The van der Waals surface area contributed by atoms with Crippen LogP contribution in [0.1, 0.15) is 6.42 Å². The Morgan fingerprint density at radius 3 is 2.53 bits per heavy atom. The molecule has 0 aliphatic carbocycles. The fourth-order valence-corrected chi connectivity index (χ4v) is 1.71. The number of carbonyl (C=O) groups excluding carboxylic acids is 2. The Labute approximate surface area is 102 Å². The third-order valence-corrected chi connectivity index (χ3v) is 2.56. The summed E-state index contributed by atoms with van der Waals surface area (Å²) in [6, 6.07) is -0.423. The van der Waals surface area contributed by atoms with Crippen molar-refractivity contribution in [3.63, 3.8) is 0 Å². The summed E-state index contributed by atoms with van der Waals surface area (Å²) in [7, 11) is 0. The van der Waals surface area contributed by atoms with Gasteiger partial charge in [-0.25, -0.2) is 0 Å². The van der Waals surface area contributed by atoms with E-state index >= 15 is 0 Å². The van der Waals surface area contributed by atoms with Crippen molar-refractivity contribution in [1.29, 1.82) is 0 Å². The Morgan fingerprint density at radius 2 is 2.00 bits per heavy atom. The zero-order valence-corrected chi connectivity index (χ0v) is 9.95. The van der Waals surface area contributed by atoms with Crippen LogP contribution in [-0.2, 0) is 9.59 Å². The van der Waals surface area contributed by atoms with Gasteiger partial charge in [0, 0.05) is 26.2 Å². The first-order chi connectivity index (χ1) is 8.19. The van der Waals surface area contributed by atoms with Crippen molar-refractivity contribution >= 4 is 11.8 Å². The van der Waals surface area contributed by atoms with E-state index in [4.69, 9.17) is 0 Å². The lowest BCUT2D eigenvalue weighted by Gasteiger charge is -2.26. The number of amides is 2. The van der Waals surface area contributed by atoms with Crippen LogP contribution >= 0.6 is 0 Å². The van der Waals surface area contributed by atoms with Crippen LogP contribution in [0.5, 0.6) is 0 Å². The van der Waals surface area contributed by atoms with Crippen LogP contribution in [-0.4, -0.2) is 48.9 Å². The summed E-state index contributed by atoms with van der Waals surface area (Å²) in [6.45, 7) is 9.47. The van der Waals surface area contributed by atoms with Gasteiger partial charge in [-0.05, 0) is 0 Å². The van der Waals surface area contributed by atoms with Crippen LogP contribution in [0.2, 0.25) is 0 Å². The Balaban J connectivity index is 2.52. The minimum absolute atomic E-state index is 0.0700. The molecule has 1 aliphatic heterocycles. The van der Waals surface area contributed by atoms with Crippen molar-refractivity contribution in [2.45, 2.75) is 12.5 Å². The molecule has 1 unspecified atom stereocenters. The van der Waals surface area contributed by atoms with Gasteiger partial charge in [0.25, 0.3) is 0 Å². The molecule has 17 heavy (non-hydrogen) atoms. The molecular formula is C12H19N3O2. The highest BCUT2D eigenvalue weighted by Crippen LogP contribution is 2.02. The van der Waals surface area contributed by atoms with Gasteiger partial charge in [-0.15, -0.1) is 13.2 Å². The van der Waals surface area contributed by atoms with Gasteiger partial charge in [0.1, 0.15) is 0 Å². The standard InChI is InChI=1S/C12H19N3O2/c1-3-7-15(8-4-2)11(16)9-10-12(17)14-6-5-13-10/h3-4,10,13H,1-2,5-9H2,(H,14,17). The van der Waals surface area contributed by atoms with E-state index in [1.165, 1.54) is 0 Å². The summed E-state index contributed by atoms with van der Waals surface area (Å²) in [5.74, 6) is -0.180. The minimum atomic E-state index is -0.423. The number of piperazine rings is 1. The normalized spacial score (nSPS) is 19.3. The number of hydrogen-bond acceptors (Lipinski definition) is 3. The largest absolute Gasteiger partial charge is 0.353 e. The van der Waals surface area contributed by atoms with E-state index in [0.29, 0.717) is 26.2 Å². The molecule has 0 radical (unpaired) electrons. The molecule has 0 aromatic carbocycles. The molecule has 0 bridgehead atoms. The van der Waals surface area contributed by atoms with Gasteiger partial charge < -0.3 is 15.5 Å². The third kappa shape index (κ3) is 4.03. The second-order valence-corrected chi connectivity index (χ2v) is 3.88. The van der Waals surface area contributed by atoms with Gasteiger partial charge in [0.15, 0.2) is 0 Å². The molecular weight excluding hydrogens is 218 g/mol. The molecule has 2 amide bonds. The predicted octanol–water partition coefficient (Wildman–Crippen LogP) is -0.335. The quantitative estimate of drug-likeness (QED) is 0.622. The summed E-state index contributed by atoms with van der Waals surface area (Å²) in [5.41, 5.74) is 0. The molecule has 1 atom stereocenters. The molecule has 1 fully saturated rings.